The summed E-state index contributed by atoms with van der Waals surface area (Å²) in [7, 11) is 1.84. The van der Waals surface area contributed by atoms with Crippen molar-refractivity contribution in [2.45, 2.75) is 0 Å². The molecule has 104 valence electrons. The van der Waals surface area contributed by atoms with Crippen LogP contribution in [0.3, 0.4) is 0 Å². The predicted molar refractivity (Wildman–Crippen MR) is 80.5 cm³/mol. The van der Waals surface area contributed by atoms with Crippen LogP contribution in [-0.2, 0) is 7.05 Å². The largest absolute Gasteiger partial charge is 0.250 e. The number of rotatable bonds is 1. The summed E-state index contributed by atoms with van der Waals surface area (Å²) < 4.78 is 3.32. The highest BCUT2D eigenvalue weighted by Gasteiger charge is 2.13. The van der Waals surface area contributed by atoms with E-state index in [0.717, 1.165) is 16.6 Å². The first-order chi connectivity index (χ1) is 10.1. The molecule has 0 radical (unpaired) electrons. The fourth-order valence-electron chi connectivity index (χ4n) is 2.20. The fourth-order valence-corrected chi connectivity index (χ4v) is 2.49. The van der Waals surface area contributed by atoms with Gasteiger partial charge in [-0.25, -0.2) is 14.5 Å². The third kappa shape index (κ3) is 1.87. The zero-order valence-corrected chi connectivity index (χ0v) is 12.3. The SMILES string of the molecule is Cn1ncc2c1ncn1nc(-c3ccc(Cl)c(Cl)c3)nc21. The molecular weight excluding hydrogens is 311 g/mol. The van der Waals surface area contributed by atoms with E-state index in [-0.39, 0.29) is 0 Å². The minimum Gasteiger partial charge on any atom is -0.250 e. The van der Waals surface area contributed by atoms with E-state index < -0.39 is 0 Å². The van der Waals surface area contributed by atoms with Crippen LogP contribution < -0.4 is 0 Å². The smallest absolute Gasteiger partial charge is 0.182 e. The molecule has 0 saturated heterocycles. The predicted octanol–water partition coefficient (Wildman–Crippen LogP) is 2.98. The van der Waals surface area contributed by atoms with Gasteiger partial charge in [0.25, 0.3) is 0 Å². The molecule has 6 nitrogen and oxygen atoms in total. The Bertz CT molecular complexity index is 987. The Morgan fingerprint density at radius 3 is 2.76 bits per heavy atom. The summed E-state index contributed by atoms with van der Waals surface area (Å²) in [5.74, 6) is 0.562. The van der Waals surface area contributed by atoms with Crippen LogP contribution >= 0.6 is 23.2 Å². The van der Waals surface area contributed by atoms with Crippen molar-refractivity contribution in [1.29, 1.82) is 0 Å². The molecule has 0 aliphatic carbocycles. The number of aryl methyl sites for hydroxylation is 1. The van der Waals surface area contributed by atoms with Crippen molar-refractivity contribution < 1.29 is 0 Å². The normalized spacial score (nSPS) is 11.6. The maximum Gasteiger partial charge on any atom is 0.182 e. The summed E-state index contributed by atoms with van der Waals surface area (Å²) >= 11 is 12.0. The number of halogens is 2. The lowest BCUT2D eigenvalue weighted by atomic mass is 10.2. The van der Waals surface area contributed by atoms with Crippen molar-refractivity contribution in [3.05, 3.63) is 40.8 Å². The Kier molecular flexibility index (Phi) is 2.63. The fraction of sp³-hybridized carbons (Fsp3) is 0.0769. The van der Waals surface area contributed by atoms with Crippen LogP contribution in [0.5, 0.6) is 0 Å². The summed E-state index contributed by atoms with van der Waals surface area (Å²) in [6.45, 7) is 0. The van der Waals surface area contributed by atoms with E-state index >= 15 is 0 Å². The standard InChI is InChI=1S/C13H8Cl2N6/c1-20-12-8(5-17-20)13-18-11(19-21(13)6-16-12)7-2-3-9(14)10(15)4-7/h2-6H,1H3. The second-order valence-electron chi connectivity index (χ2n) is 4.58. The molecule has 0 fully saturated rings. The highest BCUT2D eigenvalue weighted by molar-refractivity contribution is 6.42. The molecule has 0 aliphatic rings. The number of nitrogens with zero attached hydrogens (tertiary/aromatic N) is 6. The first kappa shape index (κ1) is 12.6. The molecule has 0 N–H and O–H groups in total. The van der Waals surface area contributed by atoms with Gasteiger partial charge in [0.15, 0.2) is 17.1 Å². The average Bonchev–Trinajstić information content (AvgIpc) is 3.05. The van der Waals surface area contributed by atoms with Crippen molar-refractivity contribution in [3.63, 3.8) is 0 Å². The van der Waals surface area contributed by atoms with Crippen molar-refractivity contribution in [2.24, 2.45) is 7.05 Å². The Morgan fingerprint density at radius 2 is 1.95 bits per heavy atom. The Morgan fingerprint density at radius 1 is 1.10 bits per heavy atom. The lowest BCUT2D eigenvalue weighted by molar-refractivity contribution is 0.783. The quantitative estimate of drug-likeness (QED) is 0.541. The molecule has 3 heterocycles. The van der Waals surface area contributed by atoms with Gasteiger partial charge in [-0.05, 0) is 18.2 Å². The van der Waals surface area contributed by atoms with Crippen LogP contribution in [0.2, 0.25) is 10.0 Å². The molecule has 0 bridgehead atoms. The third-order valence-corrected chi connectivity index (χ3v) is 3.99. The molecule has 0 spiro atoms. The van der Waals surface area contributed by atoms with Gasteiger partial charge in [-0.3, -0.25) is 4.68 Å². The zero-order valence-electron chi connectivity index (χ0n) is 10.8. The highest BCUT2D eigenvalue weighted by Crippen LogP contribution is 2.27. The molecular formula is C13H8Cl2N6. The van der Waals surface area contributed by atoms with Gasteiger partial charge in [0, 0.05) is 12.6 Å². The van der Waals surface area contributed by atoms with E-state index in [9.17, 15) is 0 Å². The van der Waals surface area contributed by atoms with Crippen LogP contribution in [0.1, 0.15) is 0 Å². The number of hydrogen-bond acceptors (Lipinski definition) is 4. The maximum atomic E-state index is 6.04. The van der Waals surface area contributed by atoms with Crippen LogP contribution in [0.4, 0.5) is 0 Å². The number of aromatic nitrogens is 6. The topological polar surface area (TPSA) is 60.9 Å². The number of benzene rings is 1. The molecule has 1 aromatic carbocycles. The zero-order chi connectivity index (χ0) is 14.6. The van der Waals surface area contributed by atoms with Crippen LogP contribution in [0, 0.1) is 0 Å². The van der Waals surface area contributed by atoms with E-state index in [2.05, 4.69) is 20.2 Å². The second-order valence-corrected chi connectivity index (χ2v) is 5.40. The van der Waals surface area contributed by atoms with E-state index in [1.54, 1.807) is 33.9 Å². The van der Waals surface area contributed by atoms with Gasteiger partial charge in [-0.15, -0.1) is 5.10 Å². The highest BCUT2D eigenvalue weighted by atomic mass is 35.5. The summed E-state index contributed by atoms with van der Waals surface area (Å²) in [4.78, 5) is 8.87. The van der Waals surface area contributed by atoms with E-state index in [1.165, 1.54) is 0 Å². The Balaban J connectivity index is 1.97. The Hall–Kier alpha value is -2.18. The first-order valence-electron chi connectivity index (χ1n) is 6.12. The van der Waals surface area contributed by atoms with E-state index in [0.29, 0.717) is 21.5 Å². The molecule has 0 amide bonds. The van der Waals surface area contributed by atoms with Gasteiger partial charge in [0.1, 0.15) is 6.33 Å². The summed E-state index contributed by atoms with van der Waals surface area (Å²) in [5, 5.41) is 10.4. The molecule has 4 rings (SSSR count). The van der Waals surface area contributed by atoms with E-state index in [4.69, 9.17) is 23.2 Å². The molecule has 4 aromatic rings. The number of fused-ring (bicyclic) bond motifs is 3. The molecule has 0 aliphatic heterocycles. The molecule has 3 aromatic heterocycles. The van der Waals surface area contributed by atoms with Gasteiger partial charge in [0.2, 0.25) is 0 Å². The second kappa shape index (κ2) is 4.41. The van der Waals surface area contributed by atoms with Crippen molar-refractivity contribution in [3.8, 4) is 11.4 Å². The lowest BCUT2D eigenvalue weighted by Crippen LogP contribution is -1.94. The van der Waals surface area contributed by atoms with Gasteiger partial charge in [0.05, 0.1) is 21.6 Å². The molecule has 8 heteroatoms. The van der Waals surface area contributed by atoms with Crippen molar-refractivity contribution in [1.82, 2.24) is 29.4 Å². The van der Waals surface area contributed by atoms with Crippen LogP contribution in [-0.4, -0.2) is 29.4 Å². The molecule has 0 atom stereocenters. The maximum absolute atomic E-state index is 6.04. The molecule has 21 heavy (non-hydrogen) atoms. The number of hydrogen-bond donors (Lipinski definition) is 0. The first-order valence-corrected chi connectivity index (χ1v) is 6.87. The van der Waals surface area contributed by atoms with E-state index in [1.807, 2.05) is 13.1 Å². The summed E-state index contributed by atoms with van der Waals surface area (Å²) in [6, 6.07) is 5.30. The minimum atomic E-state index is 0.470. The average molecular weight is 319 g/mol. The van der Waals surface area contributed by atoms with Gasteiger partial charge in [-0.1, -0.05) is 23.2 Å². The van der Waals surface area contributed by atoms with Crippen molar-refractivity contribution >= 4 is 39.9 Å². The Labute approximate surface area is 128 Å². The minimum absolute atomic E-state index is 0.470. The lowest BCUT2D eigenvalue weighted by Gasteiger charge is -1.97. The monoisotopic (exact) mass is 318 g/mol. The van der Waals surface area contributed by atoms with Crippen LogP contribution in [0.15, 0.2) is 30.7 Å². The van der Waals surface area contributed by atoms with Crippen LogP contribution in [0.25, 0.3) is 28.1 Å². The van der Waals surface area contributed by atoms with Gasteiger partial charge >= 0.3 is 0 Å². The summed E-state index contributed by atoms with van der Waals surface area (Å²) in [5.41, 5.74) is 2.26. The van der Waals surface area contributed by atoms with Gasteiger partial charge in [-0.2, -0.15) is 5.10 Å². The molecule has 0 unspecified atom stereocenters. The third-order valence-electron chi connectivity index (χ3n) is 3.25. The molecule has 0 saturated carbocycles. The van der Waals surface area contributed by atoms with Crippen molar-refractivity contribution in [2.75, 3.05) is 0 Å². The summed E-state index contributed by atoms with van der Waals surface area (Å²) in [6.07, 6.45) is 3.35. The van der Waals surface area contributed by atoms with Gasteiger partial charge < -0.3 is 0 Å².